The second kappa shape index (κ2) is 7.05. The number of rotatable bonds is 5. The summed E-state index contributed by atoms with van der Waals surface area (Å²) in [5, 5.41) is 15.1. The summed E-state index contributed by atoms with van der Waals surface area (Å²) in [7, 11) is 0. The standard InChI is InChI=1S/C16H21N3O2S/c1-11-3-2-4-13(9-11)17-14(20)5-6-15-18-19-16(21-15)12-7-8-22-10-12/h7-8,10-11,13H,2-6,9H2,1H3,(H,17,20)/t11-,13+/m1/s1. The van der Waals surface area contributed by atoms with E-state index in [2.05, 4.69) is 22.4 Å². The van der Waals surface area contributed by atoms with Crippen molar-refractivity contribution in [3.8, 4) is 11.5 Å². The van der Waals surface area contributed by atoms with E-state index in [1.165, 1.54) is 12.8 Å². The van der Waals surface area contributed by atoms with Crippen molar-refractivity contribution in [2.24, 2.45) is 5.92 Å². The number of carbonyl (C=O) groups is 1. The van der Waals surface area contributed by atoms with Gasteiger partial charge in [0.15, 0.2) is 0 Å². The minimum atomic E-state index is 0.0781. The maximum absolute atomic E-state index is 12.0. The Labute approximate surface area is 134 Å². The van der Waals surface area contributed by atoms with Crippen molar-refractivity contribution in [3.05, 3.63) is 22.7 Å². The van der Waals surface area contributed by atoms with E-state index >= 15 is 0 Å². The lowest BCUT2D eigenvalue weighted by atomic mass is 9.87. The molecule has 1 amide bonds. The monoisotopic (exact) mass is 319 g/mol. The molecule has 2 heterocycles. The molecule has 0 radical (unpaired) electrons. The number of thiophene rings is 1. The summed E-state index contributed by atoms with van der Waals surface area (Å²) < 4.78 is 5.59. The highest BCUT2D eigenvalue weighted by atomic mass is 32.1. The summed E-state index contributed by atoms with van der Waals surface area (Å²) in [5.41, 5.74) is 0.935. The molecule has 0 aliphatic heterocycles. The van der Waals surface area contributed by atoms with Crippen molar-refractivity contribution in [3.63, 3.8) is 0 Å². The normalized spacial score (nSPS) is 21.7. The molecule has 3 rings (SSSR count). The number of hydrogen-bond acceptors (Lipinski definition) is 5. The SMILES string of the molecule is C[C@@H]1CCC[C@H](NC(=O)CCc2nnc(-c3ccsc3)o2)C1. The van der Waals surface area contributed by atoms with Crippen LogP contribution >= 0.6 is 11.3 Å². The molecule has 0 spiro atoms. The summed E-state index contributed by atoms with van der Waals surface area (Å²) in [6, 6.07) is 2.28. The van der Waals surface area contributed by atoms with E-state index in [4.69, 9.17) is 4.42 Å². The first-order valence-corrected chi connectivity index (χ1v) is 8.79. The number of aryl methyl sites for hydroxylation is 1. The predicted molar refractivity (Wildman–Crippen MR) is 85.5 cm³/mol. The molecule has 0 bridgehead atoms. The van der Waals surface area contributed by atoms with Crippen LogP contribution in [0.1, 0.15) is 44.9 Å². The molecule has 2 aromatic rings. The van der Waals surface area contributed by atoms with Crippen LogP contribution in [-0.4, -0.2) is 22.1 Å². The van der Waals surface area contributed by atoms with Gasteiger partial charge in [-0.2, -0.15) is 11.3 Å². The van der Waals surface area contributed by atoms with Crippen LogP contribution in [0.3, 0.4) is 0 Å². The lowest BCUT2D eigenvalue weighted by Gasteiger charge is -2.27. The number of amides is 1. The quantitative estimate of drug-likeness (QED) is 0.917. The van der Waals surface area contributed by atoms with Gasteiger partial charge >= 0.3 is 0 Å². The highest BCUT2D eigenvalue weighted by Crippen LogP contribution is 2.24. The molecule has 1 fully saturated rings. The molecule has 1 N–H and O–H groups in total. The fourth-order valence-corrected chi connectivity index (χ4v) is 3.57. The first-order valence-electron chi connectivity index (χ1n) is 7.85. The van der Waals surface area contributed by atoms with Crippen LogP contribution in [0.2, 0.25) is 0 Å². The Morgan fingerprint density at radius 3 is 3.14 bits per heavy atom. The van der Waals surface area contributed by atoms with Crippen LogP contribution in [0, 0.1) is 5.92 Å². The minimum Gasteiger partial charge on any atom is -0.421 e. The van der Waals surface area contributed by atoms with Crippen LogP contribution in [0.4, 0.5) is 0 Å². The Kier molecular flexibility index (Phi) is 4.87. The molecular weight excluding hydrogens is 298 g/mol. The Morgan fingerprint density at radius 1 is 1.45 bits per heavy atom. The van der Waals surface area contributed by atoms with Crippen LogP contribution in [0.15, 0.2) is 21.2 Å². The maximum atomic E-state index is 12.0. The molecule has 22 heavy (non-hydrogen) atoms. The van der Waals surface area contributed by atoms with Gasteiger partial charge in [-0.15, -0.1) is 10.2 Å². The number of hydrogen-bond donors (Lipinski definition) is 1. The van der Waals surface area contributed by atoms with Crippen molar-refractivity contribution in [2.75, 3.05) is 0 Å². The molecule has 2 atom stereocenters. The Bertz CT molecular complexity index is 609. The molecule has 118 valence electrons. The van der Waals surface area contributed by atoms with Crippen LogP contribution in [0.25, 0.3) is 11.5 Å². The largest absolute Gasteiger partial charge is 0.421 e. The van der Waals surface area contributed by atoms with Gasteiger partial charge in [-0.3, -0.25) is 4.79 Å². The van der Waals surface area contributed by atoms with Gasteiger partial charge in [0.05, 0.1) is 0 Å². The summed E-state index contributed by atoms with van der Waals surface area (Å²) in [6.07, 6.45) is 5.56. The van der Waals surface area contributed by atoms with Crippen molar-refractivity contribution in [2.45, 2.75) is 51.5 Å². The number of aromatic nitrogens is 2. The fourth-order valence-electron chi connectivity index (χ4n) is 2.94. The first kappa shape index (κ1) is 15.2. The molecule has 0 unspecified atom stereocenters. The third-order valence-corrected chi connectivity index (χ3v) is 4.79. The molecule has 1 aliphatic carbocycles. The van der Waals surface area contributed by atoms with Crippen molar-refractivity contribution < 1.29 is 9.21 Å². The second-order valence-corrected chi connectivity index (χ2v) is 6.83. The van der Waals surface area contributed by atoms with Gasteiger partial charge in [0.1, 0.15) is 0 Å². The zero-order chi connectivity index (χ0) is 15.4. The topological polar surface area (TPSA) is 68.0 Å². The second-order valence-electron chi connectivity index (χ2n) is 6.05. The maximum Gasteiger partial charge on any atom is 0.248 e. The van der Waals surface area contributed by atoms with Crippen LogP contribution < -0.4 is 5.32 Å². The van der Waals surface area contributed by atoms with Crippen LogP contribution in [0.5, 0.6) is 0 Å². The minimum absolute atomic E-state index is 0.0781. The van der Waals surface area contributed by atoms with Crippen LogP contribution in [-0.2, 0) is 11.2 Å². The summed E-state index contributed by atoms with van der Waals surface area (Å²) in [4.78, 5) is 12.0. The zero-order valence-electron chi connectivity index (χ0n) is 12.7. The van der Waals surface area contributed by atoms with Gasteiger partial charge in [-0.1, -0.05) is 19.8 Å². The van der Waals surface area contributed by atoms with E-state index in [0.717, 1.165) is 18.4 Å². The predicted octanol–water partition coefficient (Wildman–Crippen LogP) is 3.43. The average Bonchev–Trinajstić information content (AvgIpc) is 3.16. The molecule has 5 nitrogen and oxygen atoms in total. The van der Waals surface area contributed by atoms with Crippen molar-refractivity contribution >= 4 is 17.2 Å². The smallest absolute Gasteiger partial charge is 0.248 e. The van der Waals surface area contributed by atoms with E-state index in [1.54, 1.807) is 11.3 Å². The fraction of sp³-hybridized carbons (Fsp3) is 0.562. The number of nitrogens with one attached hydrogen (secondary N) is 1. The highest BCUT2D eigenvalue weighted by Gasteiger charge is 2.20. The Morgan fingerprint density at radius 2 is 2.36 bits per heavy atom. The lowest BCUT2D eigenvalue weighted by molar-refractivity contribution is -0.122. The third-order valence-electron chi connectivity index (χ3n) is 4.10. The van der Waals surface area contributed by atoms with E-state index in [9.17, 15) is 4.79 Å². The lowest BCUT2D eigenvalue weighted by Crippen LogP contribution is -2.38. The number of nitrogens with zero attached hydrogens (tertiary/aromatic N) is 2. The van der Waals surface area contributed by atoms with Gasteiger partial charge in [0.25, 0.3) is 0 Å². The highest BCUT2D eigenvalue weighted by molar-refractivity contribution is 7.08. The van der Waals surface area contributed by atoms with Crippen molar-refractivity contribution in [1.29, 1.82) is 0 Å². The molecule has 6 heteroatoms. The average molecular weight is 319 g/mol. The molecule has 2 aromatic heterocycles. The Hall–Kier alpha value is -1.69. The van der Waals surface area contributed by atoms with E-state index in [1.807, 2.05) is 16.8 Å². The van der Waals surface area contributed by atoms with E-state index in [0.29, 0.717) is 36.6 Å². The molecular formula is C16H21N3O2S. The molecule has 1 saturated carbocycles. The van der Waals surface area contributed by atoms with Gasteiger partial charge in [0, 0.05) is 29.8 Å². The summed E-state index contributed by atoms with van der Waals surface area (Å²) in [5.74, 6) is 1.84. The van der Waals surface area contributed by atoms with E-state index < -0.39 is 0 Å². The van der Waals surface area contributed by atoms with Gasteiger partial charge < -0.3 is 9.73 Å². The third kappa shape index (κ3) is 3.94. The summed E-state index contributed by atoms with van der Waals surface area (Å²) in [6.45, 7) is 2.25. The number of carbonyl (C=O) groups excluding carboxylic acids is 1. The van der Waals surface area contributed by atoms with Crippen molar-refractivity contribution in [1.82, 2.24) is 15.5 Å². The zero-order valence-corrected chi connectivity index (χ0v) is 13.6. The van der Waals surface area contributed by atoms with E-state index in [-0.39, 0.29) is 5.91 Å². The van der Waals surface area contributed by atoms with Gasteiger partial charge in [-0.25, -0.2) is 0 Å². The molecule has 1 aliphatic rings. The van der Waals surface area contributed by atoms with Gasteiger partial charge in [-0.05, 0) is 30.2 Å². The Balaban J connectivity index is 1.47. The first-order chi connectivity index (χ1) is 10.7. The van der Waals surface area contributed by atoms with Gasteiger partial charge in [0.2, 0.25) is 17.7 Å². The summed E-state index contributed by atoms with van der Waals surface area (Å²) >= 11 is 1.59. The molecule has 0 saturated heterocycles. The molecule has 0 aromatic carbocycles.